The molecule has 1 amide bonds. The van der Waals surface area contributed by atoms with Gasteiger partial charge in [-0.1, -0.05) is 25.7 Å². The Morgan fingerprint density at radius 2 is 2.05 bits per heavy atom. The van der Waals surface area contributed by atoms with Crippen molar-refractivity contribution in [3.05, 3.63) is 35.1 Å². The zero-order valence-corrected chi connectivity index (χ0v) is 12.2. The van der Waals surface area contributed by atoms with Crippen molar-refractivity contribution in [2.24, 2.45) is 5.73 Å². The average Bonchev–Trinajstić information content (AvgIpc) is 2.46. The lowest BCUT2D eigenvalue weighted by Crippen LogP contribution is -2.36. The van der Waals surface area contributed by atoms with E-state index in [9.17, 15) is 9.18 Å². The molecule has 0 saturated heterocycles. The van der Waals surface area contributed by atoms with Gasteiger partial charge in [0.25, 0.3) is 5.91 Å². The van der Waals surface area contributed by atoms with Gasteiger partial charge in [-0.15, -0.1) is 0 Å². The maximum Gasteiger partial charge on any atom is 0.256 e. The van der Waals surface area contributed by atoms with Crippen molar-refractivity contribution in [1.29, 1.82) is 0 Å². The van der Waals surface area contributed by atoms with Crippen LogP contribution < -0.4 is 5.73 Å². The number of halogens is 1. The molecule has 0 fully saturated rings. The van der Waals surface area contributed by atoms with E-state index in [-0.39, 0.29) is 24.1 Å². The van der Waals surface area contributed by atoms with Crippen molar-refractivity contribution in [2.45, 2.75) is 32.7 Å². The molecule has 0 aliphatic carbocycles. The van der Waals surface area contributed by atoms with Crippen molar-refractivity contribution in [3.8, 4) is 11.8 Å². The smallest absolute Gasteiger partial charge is 0.256 e. The Hall–Kier alpha value is -1.86. The van der Waals surface area contributed by atoms with Crippen LogP contribution in [-0.2, 0) is 0 Å². The molecule has 4 heteroatoms. The number of rotatable bonds is 4. The second-order valence-corrected chi connectivity index (χ2v) is 4.59. The van der Waals surface area contributed by atoms with Crippen LogP contribution >= 0.6 is 0 Å². The minimum absolute atomic E-state index is 0.0585. The molecular formula is C16H21FN2O. The minimum atomic E-state index is -0.522. The summed E-state index contributed by atoms with van der Waals surface area (Å²) in [5.41, 5.74) is 5.96. The Labute approximate surface area is 120 Å². The van der Waals surface area contributed by atoms with Crippen LogP contribution in [0.25, 0.3) is 0 Å². The first-order valence-electron chi connectivity index (χ1n) is 6.80. The van der Waals surface area contributed by atoms with E-state index in [4.69, 9.17) is 5.73 Å². The molecule has 0 aliphatic rings. The number of nitrogens with zero attached hydrogens (tertiary/aromatic N) is 1. The monoisotopic (exact) mass is 276 g/mol. The molecule has 1 rings (SSSR count). The molecular weight excluding hydrogens is 255 g/mol. The van der Waals surface area contributed by atoms with Gasteiger partial charge in [-0.05, 0) is 31.0 Å². The molecule has 1 aromatic rings. The van der Waals surface area contributed by atoms with E-state index in [0.717, 1.165) is 12.8 Å². The van der Waals surface area contributed by atoms with Crippen LogP contribution in [0.1, 0.15) is 42.6 Å². The SMILES string of the molecule is CCC(CC)N(C)C(=O)c1cc(C#CCN)ccc1F. The lowest BCUT2D eigenvalue weighted by Gasteiger charge is -2.26. The summed E-state index contributed by atoms with van der Waals surface area (Å²) in [4.78, 5) is 14.0. The van der Waals surface area contributed by atoms with Gasteiger partial charge in [0.05, 0.1) is 12.1 Å². The molecule has 0 spiro atoms. The predicted molar refractivity (Wildman–Crippen MR) is 78.8 cm³/mol. The lowest BCUT2D eigenvalue weighted by atomic mass is 10.1. The first-order chi connectivity index (χ1) is 9.54. The maximum atomic E-state index is 13.9. The van der Waals surface area contributed by atoms with E-state index >= 15 is 0 Å². The third kappa shape index (κ3) is 3.82. The van der Waals surface area contributed by atoms with Crippen molar-refractivity contribution < 1.29 is 9.18 Å². The summed E-state index contributed by atoms with van der Waals surface area (Å²) < 4.78 is 13.9. The van der Waals surface area contributed by atoms with Crippen molar-refractivity contribution in [2.75, 3.05) is 13.6 Å². The van der Waals surface area contributed by atoms with Crippen molar-refractivity contribution in [1.82, 2.24) is 4.90 Å². The van der Waals surface area contributed by atoms with Gasteiger partial charge in [0, 0.05) is 18.7 Å². The molecule has 0 bridgehead atoms. The van der Waals surface area contributed by atoms with Gasteiger partial charge < -0.3 is 10.6 Å². The highest BCUT2D eigenvalue weighted by Gasteiger charge is 2.21. The zero-order chi connectivity index (χ0) is 15.1. The number of hydrogen-bond donors (Lipinski definition) is 1. The molecule has 1 aromatic carbocycles. The summed E-state index contributed by atoms with van der Waals surface area (Å²) in [5, 5.41) is 0. The topological polar surface area (TPSA) is 46.3 Å². The number of hydrogen-bond acceptors (Lipinski definition) is 2. The maximum absolute atomic E-state index is 13.9. The van der Waals surface area contributed by atoms with E-state index in [1.54, 1.807) is 18.0 Å². The van der Waals surface area contributed by atoms with E-state index in [2.05, 4.69) is 11.8 Å². The minimum Gasteiger partial charge on any atom is -0.339 e. The van der Waals surface area contributed by atoms with Crippen LogP contribution in [0, 0.1) is 17.7 Å². The molecule has 0 aromatic heterocycles. The van der Waals surface area contributed by atoms with Crippen LogP contribution in [0.4, 0.5) is 4.39 Å². The number of carbonyl (C=O) groups is 1. The lowest BCUT2D eigenvalue weighted by molar-refractivity contribution is 0.0719. The molecule has 0 radical (unpaired) electrons. The van der Waals surface area contributed by atoms with Crippen molar-refractivity contribution >= 4 is 5.91 Å². The summed E-state index contributed by atoms with van der Waals surface area (Å²) in [6.45, 7) is 4.25. The van der Waals surface area contributed by atoms with Gasteiger partial charge in [0.2, 0.25) is 0 Å². The molecule has 0 atom stereocenters. The predicted octanol–water partition coefficient (Wildman–Crippen LogP) is 2.40. The number of amides is 1. The largest absolute Gasteiger partial charge is 0.339 e. The third-order valence-electron chi connectivity index (χ3n) is 3.34. The highest BCUT2D eigenvalue weighted by molar-refractivity contribution is 5.95. The molecule has 3 nitrogen and oxygen atoms in total. The van der Waals surface area contributed by atoms with Crippen LogP contribution in [0.2, 0.25) is 0 Å². The summed E-state index contributed by atoms with van der Waals surface area (Å²) in [6.07, 6.45) is 1.68. The number of benzene rings is 1. The highest BCUT2D eigenvalue weighted by atomic mass is 19.1. The first-order valence-corrected chi connectivity index (χ1v) is 6.80. The highest BCUT2D eigenvalue weighted by Crippen LogP contribution is 2.16. The Balaban J connectivity index is 3.08. The Morgan fingerprint density at radius 3 is 2.60 bits per heavy atom. The van der Waals surface area contributed by atoms with E-state index < -0.39 is 5.82 Å². The molecule has 2 N–H and O–H groups in total. The van der Waals surface area contributed by atoms with Crippen LogP contribution in [0.3, 0.4) is 0 Å². The average molecular weight is 276 g/mol. The van der Waals surface area contributed by atoms with Gasteiger partial charge in [-0.2, -0.15) is 0 Å². The molecule has 20 heavy (non-hydrogen) atoms. The van der Waals surface area contributed by atoms with Gasteiger partial charge in [0.1, 0.15) is 5.82 Å². The summed E-state index contributed by atoms with van der Waals surface area (Å²) in [5.74, 6) is 4.67. The fraction of sp³-hybridized carbons (Fsp3) is 0.438. The Morgan fingerprint density at radius 1 is 1.40 bits per heavy atom. The fourth-order valence-electron chi connectivity index (χ4n) is 2.11. The van der Waals surface area contributed by atoms with E-state index in [0.29, 0.717) is 5.56 Å². The van der Waals surface area contributed by atoms with E-state index in [1.807, 2.05) is 13.8 Å². The van der Waals surface area contributed by atoms with Crippen LogP contribution in [-0.4, -0.2) is 30.4 Å². The van der Waals surface area contributed by atoms with Gasteiger partial charge in [0.15, 0.2) is 0 Å². The molecule has 0 saturated carbocycles. The quantitative estimate of drug-likeness (QED) is 0.858. The number of nitrogens with two attached hydrogens (primary N) is 1. The van der Waals surface area contributed by atoms with Gasteiger partial charge >= 0.3 is 0 Å². The molecule has 0 heterocycles. The summed E-state index contributed by atoms with van der Waals surface area (Å²) >= 11 is 0. The second kappa shape index (κ2) is 7.66. The molecule has 0 unspecified atom stereocenters. The van der Waals surface area contributed by atoms with Gasteiger partial charge in [-0.25, -0.2) is 4.39 Å². The summed E-state index contributed by atoms with van der Waals surface area (Å²) in [7, 11) is 1.71. The standard InChI is InChI=1S/C16H21FN2O/c1-4-13(5-2)19(3)16(20)14-11-12(7-6-10-18)8-9-15(14)17/h8-9,11,13H,4-5,10,18H2,1-3H3. The Bertz CT molecular complexity index is 527. The van der Waals surface area contributed by atoms with E-state index in [1.165, 1.54) is 12.1 Å². The van der Waals surface area contributed by atoms with Crippen LogP contribution in [0.5, 0.6) is 0 Å². The molecule has 108 valence electrons. The number of carbonyl (C=O) groups excluding carboxylic acids is 1. The second-order valence-electron chi connectivity index (χ2n) is 4.59. The molecule has 0 aliphatic heterocycles. The third-order valence-corrected chi connectivity index (χ3v) is 3.34. The first kappa shape index (κ1) is 16.2. The zero-order valence-electron chi connectivity index (χ0n) is 12.2. The van der Waals surface area contributed by atoms with Gasteiger partial charge in [-0.3, -0.25) is 4.79 Å². The fourth-order valence-corrected chi connectivity index (χ4v) is 2.11. The summed E-state index contributed by atoms with van der Waals surface area (Å²) in [6, 6.07) is 4.42. The van der Waals surface area contributed by atoms with Crippen molar-refractivity contribution in [3.63, 3.8) is 0 Å². The Kier molecular flexibility index (Phi) is 6.20. The van der Waals surface area contributed by atoms with Crippen LogP contribution in [0.15, 0.2) is 18.2 Å². The normalized spacial score (nSPS) is 10.1.